The van der Waals surface area contributed by atoms with E-state index in [1.165, 1.54) is 6.33 Å². The number of anilines is 1. The second-order valence-electron chi connectivity index (χ2n) is 4.00. The Balaban J connectivity index is 1.79. The minimum atomic E-state index is 0.582. The minimum Gasteiger partial charge on any atom is -0.347 e. The number of nitrogens with one attached hydrogen (secondary N) is 1. The molecule has 0 radical (unpaired) electrons. The van der Waals surface area contributed by atoms with Crippen molar-refractivity contribution in [2.45, 2.75) is 13.5 Å². The van der Waals surface area contributed by atoms with Crippen LogP contribution in [0.1, 0.15) is 11.3 Å². The zero-order valence-corrected chi connectivity index (χ0v) is 9.91. The number of aromatic nitrogens is 5. The fourth-order valence-corrected chi connectivity index (χ4v) is 1.65. The monoisotopic (exact) mass is 240 g/mol. The molecule has 1 N–H and O–H groups in total. The summed E-state index contributed by atoms with van der Waals surface area (Å²) in [5, 5.41) is 7.46. The first-order chi connectivity index (χ1) is 8.81. The van der Waals surface area contributed by atoms with Gasteiger partial charge in [-0.25, -0.2) is 14.5 Å². The number of pyridine rings is 1. The van der Waals surface area contributed by atoms with Crippen LogP contribution in [0.4, 0.5) is 5.95 Å². The maximum atomic E-state index is 4.39. The molecule has 0 atom stereocenters. The third kappa shape index (κ3) is 2.13. The smallest absolute Gasteiger partial charge is 0.243 e. The standard InChI is InChI=1S/C12H12N6/c1-9-3-5-18-11(6-9)16-12(17-18)14-7-10-2-4-13-8-15-10/h2-6,8H,7H2,1H3,(H,14,17). The van der Waals surface area contributed by atoms with Crippen LogP contribution in [0.2, 0.25) is 0 Å². The first kappa shape index (κ1) is 10.6. The fourth-order valence-electron chi connectivity index (χ4n) is 1.65. The lowest BCUT2D eigenvalue weighted by Crippen LogP contribution is -2.03. The summed E-state index contributed by atoms with van der Waals surface area (Å²) in [7, 11) is 0. The highest BCUT2D eigenvalue weighted by molar-refractivity contribution is 5.45. The van der Waals surface area contributed by atoms with Crippen LogP contribution in [-0.4, -0.2) is 24.6 Å². The summed E-state index contributed by atoms with van der Waals surface area (Å²) in [6.45, 7) is 2.61. The van der Waals surface area contributed by atoms with Crippen LogP contribution in [0.5, 0.6) is 0 Å². The largest absolute Gasteiger partial charge is 0.347 e. The van der Waals surface area contributed by atoms with Crippen molar-refractivity contribution in [3.05, 3.63) is 48.2 Å². The van der Waals surface area contributed by atoms with Crippen LogP contribution >= 0.6 is 0 Å². The van der Waals surface area contributed by atoms with Gasteiger partial charge in [0.05, 0.1) is 12.2 Å². The second kappa shape index (κ2) is 4.40. The third-order valence-electron chi connectivity index (χ3n) is 2.56. The Labute approximate surface area is 104 Å². The highest BCUT2D eigenvalue weighted by Crippen LogP contribution is 2.08. The van der Waals surface area contributed by atoms with E-state index in [0.717, 1.165) is 16.9 Å². The summed E-state index contributed by atoms with van der Waals surface area (Å²) in [5.41, 5.74) is 2.90. The molecule has 0 spiro atoms. The van der Waals surface area contributed by atoms with E-state index in [-0.39, 0.29) is 0 Å². The molecule has 90 valence electrons. The van der Waals surface area contributed by atoms with Crippen molar-refractivity contribution in [3.63, 3.8) is 0 Å². The minimum absolute atomic E-state index is 0.582. The fraction of sp³-hybridized carbons (Fsp3) is 0.167. The van der Waals surface area contributed by atoms with Crippen LogP contribution in [0.15, 0.2) is 36.9 Å². The molecule has 0 bridgehead atoms. The van der Waals surface area contributed by atoms with E-state index >= 15 is 0 Å². The quantitative estimate of drug-likeness (QED) is 0.750. The summed E-state index contributed by atoms with van der Waals surface area (Å²) >= 11 is 0. The number of aryl methyl sites for hydroxylation is 1. The molecule has 3 heterocycles. The summed E-state index contributed by atoms with van der Waals surface area (Å²) in [4.78, 5) is 12.4. The van der Waals surface area contributed by atoms with Gasteiger partial charge in [0, 0.05) is 12.4 Å². The Hall–Kier alpha value is -2.50. The van der Waals surface area contributed by atoms with Gasteiger partial charge in [-0.3, -0.25) is 0 Å². The molecule has 6 nitrogen and oxygen atoms in total. The molecule has 0 aliphatic rings. The predicted molar refractivity (Wildman–Crippen MR) is 67.1 cm³/mol. The van der Waals surface area contributed by atoms with E-state index in [1.54, 1.807) is 10.7 Å². The molecule has 3 aromatic heterocycles. The molecule has 3 aromatic rings. The number of hydrogen-bond acceptors (Lipinski definition) is 5. The summed E-state index contributed by atoms with van der Waals surface area (Å²) < 4.78 is 1.75. The van der Waals surface area contributed by atoms with Gasteiger partial charge in [0.1, 0.15) is 6.33 Å². The molecule has 0 fully saturated rings. The lowest BCUT2D eigenvalue weighted by molar-refractivity contribution is 0.934. The van der Waals surface area contributed by atoms with Crippen molar-refractivity contribution in [2.75, 3.05) is 5.32 Å². The van der Waals surface area contributed by atoms with Gasteiger partial charge in [0.2, 0.25) is 5.95 Å². The molecule has 0 aliphatic heterocycles. The van der Waals surface area contributed by atoms with Gasteiger partial charge < -0.3 is 5.32 Å². The van der Waals surface area contributed by atoms with Crippen LogP contribution in [0, 0.1) is 6.92 Å². The van der Waals surface area contributed by atoms with Gasteiger partial charge in [0.25, 0.3) is 0 Å². The van der Waals surface area contributed by atoms with Crippen LogP contribution in [0.3, 0.4) is 0 Å². The van der Waals surface area contributed by atoms with Crippen molar-refractivity contribution in [2.24, 2.45) is 0 Å². The SMILES string of the molecule is Cc1ccn2nc(NCc3ccncn3)nc2c1. The molecule has 18 heavy (non-hydrogen) atoms. The Bertz CT molecular complexity index is 661. The summed E-state index contributed by atoms with van der Waals surface area (Å²) in [5.74, 6) is 0.596. The van der Waals surface area contributed by atoms with E-state index in [4.69, 9.17) is 0 Å². The molecule has 0 saturated heterocycles. The average molecular weight is 240 g/mol. The average Bonchev–Trinajstić information content (AvgIpc) is 2.79. The van der Waals surface area contributed by atoms with Crippen molar-refractivity contribution in [1.82, 2.24) is 24.6 Å². The maximum Gasteiger partial charge on any atom is 0.243 e. The van der Waals surface area contributed by atoms with E-state index in [1.807, 2.05) is 31.3 Å². The zero-order chi connectivity index (χ0) is 12.4. The van der Waals surface area contributed by atoms with Crippen molar-refractivity contribution < 1.29 is 0 Å². The number of rotatable bonds is 3. The van der Waals surface area contributed by atoms with Crippen LogP contribution < -0.4 is 5.32 Å². The van der Waals surface area contributed by atoms with Gasteiger partial charge in [-0.1, -0.05) is 0 Å². The Morgan fingerprint density at radius 3 is 3.11 bits per heavy atom. The molecule has 0 aliphatic carbocycles. The summed E-state index contributed by atoms with van der Waals surface area (Å²) in [6.07, 6.45) is 5.13. The zero-order valence-electron chi connectivity index (χ0n) is 9.91. The normalized spacial score (nSPS) is 10.7. The van der Waals surface area contributed by atoms with E-state index in [0.29, 0.717) is 12.5 Å². The van der Waals surface area contributed by atoms with E-state index in [9.17, 15) is 0 Å². The molecular weight excluding hydrogens is 228 g/mol. The molecule has 0 aromatic carbocycles. The highest BCUT2D eigenvalue weighted by Gasteiger charge is 2.03. The molecule has 0 saturated carbocycles. The van der Waals surface area contributed by atoms with Crippen LogP contribution in [-0.2, 0) is 6.54 Å². The summed E-state index contributed by atoms with van der Waals surface area (Å²) in [6, 6.07) is 5.84. The Morgan fingerprint density at radius 1 is 1.33 bits per heavy atom. The van der Waals surface area contributed by atoms with Gasteiger partial charge >= 0.3 is 0 Å². The molecular formula is C12H12N6. The van der Waals surface area contributed by atoms with E-state index < -0.39 is 0 Å². The second-order valence-corrected chi connectivity index (χ2v) is 4.00. The predicted octanol–water partition coefficient (Wildman–Crippen LogP) is 1.44. The van der Waals surface area contributed by atoms with Gasteiger partial charge in [-0.2, -0.15) is 4.98 Å². The molecule has 0 amide bonds. The third-order valence-corrected chi connectivity index (χ3v) is 2.56. The van der Waals surface area contributed by atoms with E-state index in [2.05, 4.69) is 25.4 Å². The molecule has 6 heteroatoms. The van der Waals surface area contributed by atoms with Crippen molar-refractivity contribution in [1.29, 1.82) is 0 Å². The number of hydrogen-bond donors (Lipinski definition) is 1. The molecule has 3 rings (SSSR count). The van der Waals surface area contributed by atoms with Gasteiger partial charge in [-0.15, -0.1) is 5.10 Å². The Morgan fingerprint density at radius 2 is 2.28 bits per heavy atom. The first-order valence-corrected chi connectivity index (χ1v) is 5.63. The lowest BCUT2D eigenvalue weighted by atomic mass is 10.3. The van der Waals surface area contributed by atoms with Crippen molar-refractivity contribution in [3.8, 4) is 0 Å². The first-order valence-electron chi connectivity index (χ1n) is 5.63. The Kier molecular flexibility index (Phi) is 2.60. The van der Waals surface area contributed by atoms with Crippen LogP contribution in [0.25, 0.3) is 5.65 Å². The van der Waals surface area contributed by atoms with Gasteiger partial charge in [-0.05, 0) is 30.7 Å². The van der Waals surface area contributed by atoms with Gasteiger partial charge in [0.15, 0.2) is 5.65 Å². The number of nitrogens with zero attached hydrogens (tertiary/aromatic N) is 5. The topological polar surface area (TPSA) is 68.0 Å². The van der Waals surface area contributed by atoms with Crippen molar-refractivity contribution >= 4 is 11.6 Å². The highest BCUT2D eigenvalue weighted by atomic mass is 15.3. The lowest BCUT2D eigenvalue weighted by Gasteiger charge is -1.99. The maximum absolute atomic E-state index is 4.39. The molecule has 0 unspecified atom stereocenters. The number of fused-ring (bicyclic) bond motifs is 1.